The van der Waals surface area contributed by atoms with Gasteiger partial charge in [-0.15, -0.1) is 0 Å². The SMILES string of the molecule is C/C=C/CC(NC(=O)c1cnn(-c2cccc(Cl)c2)c1CC)C(=O)O. The van der Waals surface area contributed by atoms with E-state index < -0.39 is 17.9 Å². The molecule has 0 fully saturated rings. The molecule has 25 heavy (non-hydrogen) atoms. The van der Waals surface area contributed by atoms with Gasteiger partial charge in [0.2, 0.25) is 0 Å². The quantitative estimate of drug-likeness (QED) is 0.741. The van der Waals surface area contributed by atoms with Crippen molar-refractivity contribution >= 4 is 23.5 Å². The molecule has 0 saturated carbocycles. The van der Waals surface area contributed by atoms with Crippen molar-refractivity contribution in [2.75, 3.05) is 0 Å². The molecular formula is C18H20ClN3O3. The summed E-state index contributed by atoms with van der Waals surface area (Å²) in [5.41, 5.74) is 1.79. The fraction of sp³-hybridized carbons (Fsp3) is 0.278. The van der Waals surface area contributed by atoms with E-state index in [-0.39, 0.29) is 6.42 Å². The molecule has 0 aliphatic heterocycles. The molecular weight excluding hydrogens is 342 g/mol. The lowest BCUT2D eigenvalue weighted by atomic mass is 10.1. The minimum absolute atomic E-state index is 0.224. The molecule has 7 heteroatoms. The minimum Gasteiger partial charge on any atom is -0.480 e. The van der Waals surface area contributed by atoms with Gasteiger partial charge in [0.25, 0.3) is 5.91 Å². The molecule has 0 bridgehead atoms. The first-order chi connectivity index (χ1) is 12.0. The summed E-state index contributed by atoms with van der Waals surface area (Å²) in [5, 5.41) is 16.6. The highest BCUT2D eigenvalue weighted by Crippen LogP contribution is 2.19. The summed E-state index contributed by atoms with van der Waals surface area (Å²) < 4.78 is 1.64. The minimum atomic E-state index is -1.08. The summed E-state index contributed by atoms with van der Waals surface area (Å²) in [7, 11) is 0. The summed E-state index contributed by atoms with van der Waals surface area (Å²) >= 11 is 6.02. The number of carbonyl (C=O) groups is 2. The van der Waals surface area contributed by atoms with Crippen molar-refractivity contribution in [2.45, 2.75) is 32.7 Å². The van der Waals surface area contributed by atoms with Gasteiger partial charge in [0.1, 0.15) is 6.04 Å². The second-order valence-corrected chi connectivity index (χ2v) is 5.86. The third kappa shape index (κ3) is 4.48. The van der Waals surface area contributed by atoms with Crippen molar-refractivity contribution in [2.24, 2.45) is 0 Å². The molecule has 1 amide bonds. The number of aliphatic carboxylic acids is 1. The van der Waals surface area contributed by atoms with E-state index in [1.54, 1.807) is 42.0 Å². The summed E-state index contributed by atoms with van der Waals surface area (Å²) in [6.07, 6.45) is 5.68. The Bertz CT molecular complexity index is 799. The maximum absolute atomic E-state index is 12.5. The summed E-state index contributed by atoms with van der Waals surface area (Å²) in [4.78, 5) is 23.8. The second kappa shape index (κ2) is 8.48. The van der Waals surface area contributed by atoms with Gasteiger partial charge in [-0.05, 0) is 38.0 Å². The van der Waals surface area contributed by atoms with Crippen LogP contribution in [-0.4, -0.2) is 32.8 Å². The maximum Gasteiger partial charge on any atom is 0.326 e. The summed E-state index contributed by atoms with van der Waals surface area (Å²) in [6, 6.07) is 6.17. The van der Waals surface area contributed by atoms with E-state index in [1.165, 1.54) is 6.20 Å². The van der Waals surface area contributed by atoms with Crippen LogP contribution in [0.3, 0.4) is 0 Å². The third-order valence-electron chi connectivity index (χ3n) is 3.71. The highest BCUT2D eigenvalue weighted by molar-refractivity contribution is 6.30. The normalized spacial score (nSPS) is 12.3. The van der Waals surface area contributed by atoms with E-state index in [9.17, 15) is 14.7 Å². The van der Waals surface area contributed by atoms with Gasteiger partial charge in [-0.3, -0.25) is 4.79 Å². The number of halogens is 1. The molecule has 1 aromatic carbocycles. The Kier molecular flexibility index (Phi) is 6.36. The van der Waals surface area contributed by atoms with E-state index in [1.807, 2.05) is 13.0 Å². The molecule has 1 unspecified atom stereocenters. The number of nitrogens with one attached hydrogen (secondary N) is 1. The molecule has 0 aliphatic rings. The Balaban J connectivity index is 2.30. The van der Waals surface area contributed by atoms with E-state index in [0.717, 1.165) is 5.69 Å². The number of carboxylic acids is 1. The largest absolute Gasteiger partial charge is 0.480 e. The summed E-state index contributed by atoms with van der Waals surface area (Å²) in [5.74, 6) is -1.53. The Morgan fingerprint density at radius 3 is 2.80 bits per heavy atom. The zero-order valence-corrected chi connectivity index (χ0v) is 14.8. The molecule has 2 N–H and O–H groups in total. The van der Waals surface area contributed by atoms with Gasteiger partial charge in [0.15, 0.2) is 0 Å². The van der Waals surface area contributed by atoms with E-state index in [4.69, 9.17) is 11.6 Å². The number of allylic oxidation sites excluding steroid dienone is 1. The van der Waals surface area contributed by atoms with E-state index in [0.29, 0.717) is 22.7 Å². The summed E-state index contributed by atoms with van der Waals surface area (Å²) in [6.45, 7) is 3.70. The van der Waals surface area contributed by atoms with Gasteiger partial charge in [-0.2, -0.15) is 5.10 Å². The number of amides is 1. The molecule has 1 aromatic heterocycles. The van der Waals surface area contributed by atoms with Crippen LogP contribution in [0.2, 0.25) is 5.02 Å². The first-order valence-electron chi connectivity index (χ1n) is 7.95. The van der Waals surface area contributed by atoms with Crippen molar-refractivity contribution < 1.29 is 14.7 Å². The number of rotatable bonds is 7. The zero-order valence-electron chi connectivity index (χ0n) is 14.1. The van der Waals surface area contributed by atoms with Crippen LogP contribution in [0, 0.1) is 0 Å². The highest BCUT2D eigenvalue weighted by Gasteiger charge is 2.23. The monoisotopic (exact) mass is 361 g/mol. The molecule has 132 valence electrons. The zero-order chi connectivity index (χ0) is 18.4. The molecule has 0 spiro atoms. The Hall–Kier alpha value is -2.60. The number of carboxylic acid groups (broad SMARTS) is 1. The standard InChI is InChI=1S/C18H20ClN3O3/c1-3-5-9-15(18(24)25)21-17(23)14-11-20-22(16(14)4-2)13-8-6-7-12(19)10-13/h3,5-8,10-11,15H,4,9H2,1-2H3,(H,21,23)(H,24,25)/b5-3+. The molecule has 0 saturated heterocycles. The molecule has 0 radical (unpaired) electrons. The average molecular weight is 362 g/mol. The number of hydrogen-bond acceptors (Lipinski definition) is 3. The van der Waals surface area contributed by atoms with Crippen molar-refractivity contribution in [3.63, 3.8) is 0 Å². The first kappa shape index (κ1) is 18.7. The van der Waals surface area contributed by atoms with Gasteiger partial charge >= 0.3 is 5.97 Å². The Morgan fingerprint density at radius 2 is 2.20 bits per heavy atom. The van der Waals surface area contributed by atoms with Crippen molar-refractivity contribution in [1.29, 1.82) is 0 Å². The molecule has 6 nitrogen and oxygen atoms in total. The molecule has 2 aromatic rings. The van der Waals surface area contributed by atoms with Crippen LogP contribution in [0.25, 0.3) is 5.69 Å². The number of hydrogen-bond donors (Lipinski definition) is 2. The van der Waals surface area contributed by atoms with Gasteiger partial charge in [-0.25, -0.2) is 9.48 Å². The third-order valence-corrected chi connectivity index (χ3v) is 3.95. The van der Waals surface area contributed by atoms with Crippen LogP contribution in [0.1, 0.15) is 36.3 Å². The Morgan fingerprint density at radius 1 is 1.44 bits per heavy atom. The van der Waals surface area contributed by atoms with Crippen LogP contribution >= 0.6 is 11.6 Å². The maximum atomic E-state index is 12.5. The van der Waals surface area contributed by atoms with Crippen LogP contribution < -0.4 is 5.32 Å². The Labute approximate surface area is 151 Å². The molecule has 0 aliphatic carbocycles. The van der Waals surface area contributed by atoms with Gasteiger partial charge < -0.3 is 10.4 Å². The number of benzene rings is 1. The predicted molar refractivity (Wildman–Crippen MR) is 96.3 cm³/mol. The van der Waals surface area contributed by atoms with Gasteiger partial charge in [0.05, 0.1) is 23.1 Å². The van der Waals surface area contributed by atoms with Gasteiger partial charge in [0, 0.05) is 5.02 Å². The molecule has 1 atom stereocenters. The molecule has 1 heterocycles. The fourth-order valence-electron chi connectivity index (χ4n) is 2.46. The van der Waals surface area contributed by atoms with E-state index in [2.05, 4.69) is 10.4 Å². The lowest BCUT2D eigenvalue weighted by Gasteiger charge is -2.13. The number of carbonyl (C=O) groups excluding carboxylic acids is 1. The van der Waals surface area contributed by atoms with Crippen molar-refractivity contribution in [3.05, 3.63) is 58.9 Å². The lowest BCUT2D eigenvalue weighted by molar-refractivity contribution is -0.139. The van der Waals surface area contributed by atoms with E-state index >= 15 is 0 Å². The fourth-order valence-corrected chi connectivity index (χ4v) is 2.65. The predicted octanol–water partition coefficient (Wildman–Crippen LogP) is 3.24. The van der Waals surface area contributed by atoms with Crippen molar-refractivity contribution in [3.8, 4) is 5.69 Å². The first-order valence-corrected chi connectivity index (χ1v) is 8.33. The van der Waals surface area contributed by atoms with Crippen LogP contribution in [0.4, 0.5) is 0 Å². The highest BCUT2D eigenvalue weighted by atomic mass is 35.5. The molecule has 2 rings (SSSR count). The second-order valence-electron chi connectivity index (χ2n) is 5.42. The lowest BCUT2D eigenvalue weighted by Crippen LogP contribution is -2.40. The topological polar surface area (TPSA) is 84.2 Å². The van der Waals surface area contributed by atoms with Gasteiger partial charge in [-0.1, -0.05) is 36.7 Å². The van der Waals surface area contributed by atoms with Crippen LogP contribution in [0.5, 0.6) is 0 Å². The van der Waals surface area contributed by atoms with Crippen LogP contribution in [0.15, 0.2) is 42.6 Å². The smallest absolute Gasteiger partial charge is 0.326 e. The number of aromatic nitrogens is 2. The number of nitrogens with zero attached hydrogens (tertiary/aromatic N) is 2. The van der Waals surface area contributed by atoms with Crippen LogP contribution in [-0.2, 0) is 11.2 Å². The average Bonchev–Trinajstić information content (AvgIpc) is 3.02. The van der Waals surface area contributed by atoms with Crippen molar-refractivity contribution in [1.82, 2.24) is 15.1 Å².